The molecule has 0 spiro atoms. The van der Waals surface area contributed by atoms with Crippen LogP contribution in [0.1, 0.15) is 15.9 Å². The minimum Gasteiger partial charge on any atom is -0.507 e. The van der Waals surface area contributed by atoms with E-state index in [-0.39, 0.29) is 22.6 Å². The Labute approximate surface area is 123 Å². The third kappa shape index (κ3) is 3.63. The van der Waals surface area contributed by atoms with E-state index in [1.165, 1.54) is 18.2 Å². The summed E-state index contributed by atoms with van der Waals surface area (Å²) >= 11 is 0. The maximum atomic E-state index is 13.0. The van der Waals surface area contributed by atoms with Gasteiger partial charge in [0.2, 0.25) is 0 Å². The predicted molar refractivity (Wildman–Crippen MR) is 76.2 cm³/mol. The molecule has 2 N–H and O–H groups in total. The second-order valence-corrected chi connectivity index (χ2v) is 4.21. The normalized spacial score (nSPS) is 10.6. The van der Waals surface area contributed by atoms with Gasteiger partial charge in [0.25, 0.3) is 11.6 Å². The summed E-state index contributed by atoms with van der Waals surface area (Å²) in [6.45, 7) is 0. The van der Waals surface area contributed by atoms with Crippen LogP contribution in [-0.4, -0.2) is 22.2 Å². The average Bonchev–Trinajstić information content (AvgIpc) is 2.48. The molecule has 8 heteroatoms. The number of aromatic hydroxyl groups is 1. The van der Waals surface area contributed by atoms with E-state index in [4.69, 9.17) is 0 Å². The molecule has 2 aromatic carbocycles. The Morgan fingerprint density at radius 3 is 2.77 bits per heavy atom. The van der Waals surface area contributed by atoms with Crippen molar-refractivity contribution in [1.82, 2.24) is 5.43 Å². The molecule has 0 aromatic heterocycles. The number of nitrogens with one attached hydrogen (secondary N) is 1. The van der Waals surface area contributed by atoms with Crippen molar-refractivity contribution >= 4 is 17.8 Å². The first-order chi connectivity index (χ1) is 10.5. The third-order valence-electron chi connectivity index (χ3n) is 2.68. The molecule has 0 aliphatic carbocycles. The van der Waals surface area contributed by atoms with Crippen molar-refractivity contribution in [1.29, 1.82) is 0 Å². The van der Waals surface area contributed by atoms with Crippen molar-refractivity contribution in [2.75, 3.05) is 0 Å². The number of phenolic OH excluding ortho intramolecular Hbond substituents is 1. The summed E-state index contributed by atoms with van der Waals surface area (Å²) in [7, 11) is 0. The van der Waals surface area contributed by atoms with E-state index >= 15 is 0 Å². The SMILES string of the molecule is O=C(N/N=C\c1cc([N+](=O)[O-])ccc1O)c1cccc(F)c1. The number of carbonyl (C=O) groups excluding carboxylic acids is 1. The number of nitrogens with zero attached hydrogens (tertiary/aromatic N) is 2. The summed E-state index contributed by atoms with van der Waals surface area (Å²) in [6, 6.07) is 8.40. The van der Waals surface area contributed by atoms with Crippen LogP contribution in [0.4, 0.5) is 10.1 Å². The Bertz CT molecular complexity index is 762. The number of hydrogen-bond acceptors (Lipinski definition) is 5. The van der Waals surface area contributed by atoms with Gasteiger partial charge in [-0.05, 0) is 24.3 Å². The monoisotopic (exact) mass is 303 g/mol. The number of carbonyl (C=O) groups is 1. The van der Waals surface area contributed by atoms with Crippen molar-refractivity contribution in [2.24, 2.45) is 5.10 Å². The summed E-state index contributed by atoms with van der Waals surface area (Å²) < 4.78 is 13.0. The first-order valence-electron chi connectivity index (χ1n) is 6.04. The van der Waals surface area contributed by atoms with E-state index in [0.717, 1.165) is 30.5 Å². The molecule has 7 nitrogen and oxygen atoms in total. The number of hydrogen-bond donors (Lipinski definition) is 2. The number of nitro groups is 1. The van der Waals surface area contributed by atoms with Gasteiger partial charge >= 0.3 is 0 Å². The Morgan fingerprint density at radius 2 is 2.09 bits per heavy atom. The van der Waals surface area contributed by atoms with E-state index in [1.54, 1.807) is 0 Å². The van der Waals surface area contributed by atoms with Gasteiger partial charge in [-0.3, -0.25) is 14.9 Å². The van der Waals surface area contributed by atoms with E-state index < -0.39 is 16.6 Å². The highest BCUT2D eigenvalue weighted by atomic mass is 19.1. The van der Waals surface area contributed by atoms with Gasteiger partial charge in [0, 0.05) is 23.3 Å². The maximum absolute atomic E-state index is 13.0. The highest BCUT2D eigenvalue weighted by molar-refractivity contribution is 5.95. The Hall–Kier alpha value is -3.29. The van der Waals surface area contributed by atoms with Gasteiger partial charge in [-0.15, -0.1) is 0 Å². The van der Waals surface area contributed by atoms with E-state index in [9.17, 15) is 24.4 Å². The zero-order valence-electron chi connectivity index (χ0n) is 11.1. The quantitative estimate of drug-likeness (QED) is 0.513. The van der Waals surface area contributed by atoms with Crippen molar-refractivity contribution in [3.8, 4) is 5.75 Å². The van der Waals surface area contributed by atoms with Gasteiger partial charge in [0.05, 0.1) is 11.1 Å². The summed E-state index contributed by atoms with van der Waals surface area (Å²) in [5, 5.41) is 23.8. The van der Waals surface area contributed by atoms with Gasteiger partial charge in [0.15, 0.2) is 0 Å². The molecule has 0 radical (unpaired) electrons. The molecule has 0 bridgehead atoms. The lowest BCUT2D eigenvalue weighted by Gasteiger charge is -2.01. The molecule has 2 rings (SSSR count). The van der Waals surface area contributed by atoms with Crippen LogP contribution >= 0.6 is 0 Å². The number of amides is 1. The van der Waals surface area contributed by atoms with Crippen molar-refractivity contribution in [2.45, 2.75) is 0 Å². The van der Waals surface area contributed by atoms with Gasteiger partial charge in [-0.2, -0.15) is 5.10 Å². The van der Waals surface area contributed by atoms with Crippen LogP contribution in [0, 0.1) is 15.9 Å². The fraction of sp³-hybridized carbons (Fsp3) is 0. The number of hydrazone groups is 1. The topological polar surface area (TPSA) is 105 Å². The molecule has 2 aromatic rings. The van der Waals surface area contributed by atoms with Crippen molar-refractivity contribution in [3.63, 3.8) is 0 Å². The van der Waals surface area contributed by atoms with E-state index in [1.807, 2.05) is 0 Å². The number of phenols is 1. The molecule has 112 valence electrons. The van der Waals surface area contributed by atoms with Crippen LogP contribution < -0.4 is 5.43 Å². The Kier molecular flexibility index (Phi) is 4.42. The standard InChI is InChI=1S/C14H10FN3O4/c15-11-3-1-2-9(6-11)14(20)17-16-8-10-7-12(18(21)22)4-5-13(10)19/h1-8,19H,(H,17,20)/b16-8-. The molecule has 0 fully saturated rings. The summed E-state index contributed by atoms with van der Waals surface area (Å²) in [5.74, 6) is -1.44. The molecule has 1 amide bonds. The molecule has 0 aliphatic heterocycles. The minimum absolute atomic E-state index is 0.0637. The number of rotatable bonds is 4. The lowest BCUT2D eigenvalue weighted by Crippen LogP contribution is -2.17. The maximum Gasteiger partial charge on any atom is 0.271 e. The lowest BCUT2D eigenvalue weighted by atomic mass is 10.2. The van der Waals surface area contributed by atoms with Crippen LogP contribution in [-0.2, 0) is 0 Å². The fourth-order valence-corrected chi connectivity index (χ4v) is 1.61. The zero-order valence-corrected chi connectivity index (χ0v) is 11.1. The average molecular weight is 303 g/mol. The summed E-state index contributed by atoms with van der Waals surface area (Å²) in [6.07, 6.45) is 1.06. The second kappa shape index (κ2) is 6.44. The first kappa shape index (κ1) is 15.1. The molecule has 0 heterocycles. The highest BCUT2D eigenvalue weighted by Crippen LogP contribution is 2.21. The Balaban J connectivity index is 2.11. The first-order valence-corrected chi connectivity index (χ1v) is 6.04. The third-order valence-corrected chi connectivity index (χ3v) is 2.68. The molecule has 0 unspecified atom stereocenters. The van der Waals surface area contributed by atoms with Crippen LogP contribution in [0.15, 0.2) is 47.6 Å². The van der Waals surface area contributed by atoms with Gasteiger partial charge in [0.1, 0.15) is 11.6 Å². The highest BCUT2D eigenvalue weighted by Gasteiger charge is 2.09. The Morgan fingerprint density at radius 1 is 1.32 bits per heavy atom. The smallest absolute Gasteiger partial charge is 0.271 e. The van der Waals surface area contributed by atoms with Gasteiger partial charge < -0.3 is 5.11 Å². The molecular weight excluding hydrogens is 293 g/mol. The van der Waals surface area contributed by atoms with Crippen molar-refractivity contribution in [3.05, 3.63) is 69.5 Å². The predicted octanol–water partition coefficient (Wildman–Crippen LogP) is 2.20. The van der Waals surface area contributed by atoms with Crippen LogP contribution in [0.25, 0.3) is 0 Å². The molecular formula is C14H10FN3O4. The summed E-state index contributed by atoms with van der Waals surface area (Å²) in [4.78, 5) is 21.7. The number of non-ortho nitro benzene ring substituents is 1. The van der Waals surface area contributed by atoms with Crippen LogP contribution in [0.2, 0.25) is 0 Å². The lowest BCUT2D eigenvalue weighted by molar-refractivity contribution is -0.384. The molecule has 0 aliphatic rings. The van der Waals surface area contributed by atoms with Gasteiger partial charge in [-0.25, -0.2) is 9.82 Å². The number of benzene rings is 2. The zero-order chi connectivity index (χ0) is 16.1. The second-order valence-electron chi connectivity index (χ2n) is 4.21. The molecule has 0 atom stereocenters. The molecule has 22 heavy (non-hydrogen) atoms. The molecule has 0 saturated heterocycles. The molecule has 0 saturated carbocycles. The minimum atomic E-state index is -0.652. The van der Waals surface area contributed by atoms with Crippen molar-refractivity contribution < 1.29 is 19.2 Å². The summed E-state index contributed by atoms with van der Waals surface area (Å²) in [5.41, 5.74) is 2.04. The largest absolute Gasteiger partial charge is 0.507 e. The van der Waals surface area contributed by atoms with E-state index in [0.29, 0.717) is 0 Å². The van der Waals surface area contributed by atoms with E-state index in [2.05, 4.69) is 10.5 Å². The number of halogens is 1. The van der Waals surface area contributed by atoms with Gasteiger partial charge in [-0.1, -0.05) is 6.07 Å². The van der Waals surface area contributed by atoms with Crippen LogP contribution in [0.3, 0.4) is 0 Å². The van der Waals surface area contributed by atoms with Crippen LogP contribution in [0.5, 0.6) is 5.75 Å². The fourth-order valence-electron chi connectivity index (χ4n) is 1.61. The number of nitro benzene ring substituents is 1.